The molecule has 0 unspecified atom stereocenters. The molecule has 1 aromatic rings. The fraction of sp³-hybridized carbons (Fsp3) is 0.889. The van der Waals surface area contributed by atoms with Gasteiger partial charge in [-0.15, -0.1) is 0 Å². The Balaban J connectivity index is 1.99. The Labute approximate surface area is 183 Å². The lowest BCUT2D eigenvalue weighted by Gasteiger charge is -2.04. The molecule has 0 aliphatic carbocycles. The molecule has 1 aromatic heterocycles. The van der Waals surface area contributed by atoms with Gasteiger partial charge in [0.05, 0.1) is 13.1 Å². The van der Waals surface area contributed by atoms with E-state index in [4.69, 9.17) is 0 Å². The minimum Gasteiger partial charge on any atom is -0.234 e. The third kappa shape index (κ3) is 13.9. The first-order valence-electron chi connectivity index (χ1n) is 13.3. The molecule has 0 spiro atoms. The third-order valence-corrected chi connectivity index (χ3v) is 6.51. The van der Waals surface area contributed by atoms with Crippen molar-refractivity contribution in [1.82, 2.24) is 4.57 Å². The second-order valence-corrected chi connectivity index (χ2v) is 9.24. The summed E-state index contributed by atoms with van der Waals surface area (Å²) in [5.41, 5.74) is 0. The van der Waals surface area contributed by atoms with Crippen LogP contribution < -0.4 is 4.57 Å². The molecule has 0 saturated carbocycles. The van der Waals surface area contributed by atoms with E-state index in [1.807, 2.05) is 0 Å². The van der Waals surface area contributed by atoms with Gasteiger partial charge in [-0.1, -0.05) is 110 Å². The van der Waals surface area contributed by atoms with Gasteiger partial charge in [-0.25, -0.2) is 9.13 Å². The molecule has 0 aliphatic heterocycles. The zero-order chi connectivity index (χ0) is 21.0. The number of unbranched alkanes of at least 4 members (excludes halogenated alkanes) is 17. The number of nitrogens with zero attached hydrogens (tertiary/aromatic N) is 2. The van der Waals surface area contributed by atoms with Crippen molar-refractivity contribution in [1.29, 1.82) is 0 Å². The number of rotatable bonds is 21. The Morgan fingerprint density at radius 2 is 1.00 bits per heavy atom. The van der Waals surface area contributed by atoms with Gasteiger partial charge >= 0.3 is 0 Å². The van der Waals surface area contributed by atoms with E-state index in [0.29, 0.717) is 0 Å². The van der Waals surface area contributed by atoms with Gasteiger partial charge in [0.2, 0.25) is 0 Å². The summed E-state index contributed by atoms with van der Waals surface area (Å²) in [6.45, 7) is 9.29. The second kappa shape index (κ2) is 19.2. The largest absolute Gasteiger partial charge is 0.253 e. The van der Waals surface area contributed by atoms with Crippen LogP contribution in [0.3, 0.4) is 0 Å². The first kappa shape index (κ1) is 26.2. The van der Waals surface area contributed by atoms with Crippen LogP contribution >= 0.6 is 0 Å². The van der Waals surface area contributed by atoms with E-state index >= 15 is 0 Å². The van der Waals surface area contributed by atoms with Crippen molar-refractivity contribution >= 4 is 0 Å². The first-order chi connectivity index (χ1) is 14.3. The van der Waals surface area contributed by atoms with Gasteiger partial charge in [0.1, 0.15) is 12.4 Å². The van der Waals surface area contributed by atoms with E-state index in [-0.39, 0.29) is 0 Å². The molecule has 0 aromatic carbocycles. The summed E-state index contributed by atoms with van der Waals surface area (Å²) in [5.74, 6) is 1.44. The number of imidazole rings is 1. The molecular formula is C27H53N2+. The van der Waals surface area contributed by atoms with Crippen LogP contribution in [-0.4, -0.2) is 4.57 Å². The Morgan fingerprint density at radius 3 is 1.48 bits per heavy atom. The predicted molar refractivity (Wildman–Crippen MR) is 128 cm³/mol. The summed E-state index contributed by atoms with van der Waals surface area (Å²) >= 11 is 0. The molecule has 0 bridgehead atoms. The summed E-state index contributed by atoms with van der Waals surface area (Å²) in [6.07, 6.45) is 31.5. The lowest BCUT2D eigenvalue weighted by atomic mass is 10.1. The minimum atomic E-state index is 1.20. The molecule has 170 valence electrons. The van der Waals surface area contributed by atoms with Crippen LogP contribution in [-0.2, 0) is 13.1 Å². The van der Waals surface area contributed by atoms with Crippen molar-refractivity contribution in [3.8, 4) is 0 Å². The van der Waals surface area contributed by atoms with E-state index < -0.39 is 0 Å². The Kier molecular flexibility index (Phi) is 17.4. The molecule has 0 fully saturated rings. The van der Waals surface area contributed by atoms with Crippen LogP contribution in [0.5, 0.6) is 0 Å². The number of hydrogen-bond acceptors (Lipinski definition) is 0. The van der Waals surface area contributed by atoms with Crippen LogP contribution in [0.15, 0.2) is 12.4 Å². The smallest absolute Gasteiger partial charge is 0.234 e. The molecule has 0 atom stereocenters. The van der Waals surface area contributed by atoms with Crippen molar-refractivity contribution in [2.75, 3.05) is 0 Å². The second-order valence-electron chi connectivity index (χ2n) is 9.24. The standard InChI is InChI=1S/C27H53N2/c1-4-6-8-10-12-14-16-18-20-22-24-29-26-25-28(27(29)3)23-21-19-17-15-13-11-9-7-5-2/h25-26H,4-24H2,1-3H3/q+1. The van der Waals surface area contributed by atoms with E-state index in [1.165, 1.54) is 141 Å². The molecule has 1 heterocycles. The third-order valence-electron chi connectivity index (χ3n) is 6.51. The van der Waals surface area contributed by atoms with Crippen molar-refractivity contribution in [2.45, 2.75) is 156 Å². The van der Waals surface area contributed by atoms with Gasteiger partial charge in [-0.05, 0) is 25.7 Å². The van der Waals surface area contributed by atoms with Crippen LogP contribution in [0.2, 0.25) is 0 Å². The Morgan fingerprint density at radius 1 is 0.586 bits per heavy atom. The molecule has 0 radical (unpaired) electrons. The zero-order valence-electron chi connectivity index (χ0n) is 20.4. The van der Waals surface area contributed by atoms with Crippen LogP contribution in [0, 0.1) is 6.92 Å². The topological polar surface area (TPSA) is 8.81 Å². The molecule has 2 heteroatoms. The normalized spacial score (nSPS) is 11.4. The summed E-state index contributed by atoms with van der Waals surface area (Å²) in [7, 11) is 0. The van der Waals surface area contributed by atoms with Gasteiger partial charge in [0.25, 0.3) is 5.82 Å². The lowest BCUT2D eigenvalue weighted by molar-refractivity contribution is -0.702. The highest BCUT2D eigenvalue weighted by molar-refractivity contribution is 4.79. The van der Waals surface area contributed by atoms with Gasteiger partial charge in [-0.3, -0.25) is 0 Å². The summed E-state index contributed by atoms with van der Waals surface area (Å²) in [6, 6.07) is 0. The number of hydrogen-bond donors (Lipinski definition) is 0. The quantitative estimate of drug-likeness (QED) is 0.143. The van der Waals surface area contributed by atoms with Gasteiger partial charge in [0, 0.05) is 6.92 Å². The molecular weight excluding hydrogens is 352 g/mol. The van der Waals surface area contributed by atoms with Crippen LogP contribution in [0.1, 0.15) is 142 Å². The van der Waals surface area contributed by atoms with E-state index in [2.05, 4.69) is 42.3 Å². The summed E-state index contributed by atoms with van der Waals surface area (Å²) in [4.78, 5) is 0. The van der Waals surface area contributed by atoms with Crippen molar-refractivity contribution < 1.29 is 4.57 Å². The van der Waals surface area contributed by atoms with Crippen LogP contribution in [0.25, 0.3) is 0 Å². The fourth-order valence-corrected chi connectivity index (χ4v) is 4.38. The average molecular weight is 406 g/mol. The zero-order valence-corrected chi connectivity index (χ0v) is 20.4. The first-order valence-corrected chi connectivity index (χ1v) is 13.3. The highest BCUT2D eigenvalue weighted by Crippen LogP contribution is 2.12. The highest BCUT2D eigenvalue weighted by atomic mass is 15.1. The SMILES string of the molecule is CCCCCCCCCCCCn1cc[n+](CCCCCCCCCCC)c1C. The Hall–Kier alpha value is -0.790. The Bertz CT molecular complexity index is 463. The van der Waals surface area contributed by atoms with Crippen LogP contribution in [0.4, 0.5) is 0 Å². The maximum absolute atomic E-state index is 2.47. The van der Waals surface area contributed by atoms with Gasteiger partial charge < -0.3 is 0 Å². The maximum Gasteiger partial charge on any atom is 0.253 e. The van der Waals surface area contributed by atoms with E-state index in [1.54, 1.807) is 0 Å². The van der Waals surface area contributed by atoms with Crippen molar-refractivity contribution in [3.63, 3.8) is 0 Å². The molecule has 2 nitrogen and oxygen atoms in total. The van der Waals surface area contributed by atoms with Crippen molar-refractivity contribution in [3.05, 3.63) is 18.2 Å². The predicted octanol–water partition coefficient (Wildman–Crippen LogP) is 8.54. The lowest BCUT2D eigenvalue weighted by Crippen LogP contribution is -2.35. The maximum atomic E-state index is 2.47. The minimum absolute atomic E-state index is 1.20. The average Bonchev–Trinajstić information content (AvgIpc) is 3.08. The highest BCUT2D eigenvalue weighted by Gasteiger charge is 2.11. The fourth-order valence-electron chi connectivity index (χ4n) is 4.38. The summed E-state index contributed by atoms with van der Waals surface area (Å²) < 4.78 is 4.94. The molecule has 0 saturated heterocycles. The number of aryl methyl sites for hydroxylation is 2. The van der Waals surface area contributed by atoms with Gasteiger partial charge in [0.15, 0.2) is 0 Å². The van der Waals surface area contributed by atoms with Gasteiger partial charge in [-0.2, -0.15) is 0 Å². The molecule has 0 N–H and O–H groups in total. The summed E-state index contributed by atoms with van der Waals surface area (Å²) in [5, 5.41) is 0. The molecule has 0 aliphatic rings. The van der Waals surface area contributed by atoms with Crippen molar-refractivity contribution in [2.24, 2.45) is 0 Å². The molecule has 1 rings (SSSR count). The van der Waals surface area contributed by atoms with E-state index in [0.717, 1.165) is 0 Å². The molecule has 29 heavy (non-hydrogen) atoms. The number of aromatic nitrogens is 2. The van der Waals surface area contributed by atoms with E-state index in [9.17, 15) is 0 Å². The monoisotopic (exact) mass is 405 g/mol. The molecule has 0 amide bonds.